The van der Waals surface area contributed by atoms with Gasteiger partial charge in [0.2, 0.25) is 5.95 Å². The second-order valence-electron chi connectivity index (χ2n) is 6.46. The molecule has 1 amide bonds. The van der Waals surface area contributed by atoms with Gasteiger partial charge in [-0.15, -0.1) is 5.10 Å². The smallest absolute Gasteiger partial charge is 0.410 e. The van der Waals surface area contributed by atoms with Crippen molar-refractivity contribution in [3.05, 3.63) is 11.4 Å². The molecule has 0 bridgehead atoms. The van der Waals surface area contributed by atoms with Crippen LogP contribution in [0.3, 0.4) is 0 Å². The summed E-state index contributed by atoms with van der Waals surface area (Å²) in [6, 6.07) is 0.145. The summed E-state index contributed by atoms with van der Waals surface area (Å²) < 4.78 is 5.32. The predicted molar refractivity (Wildman–Crippen MR) is 83.8 cm³/mol. The number of hydrogen-bond acceptors (Lipinski definition) is 6. The largest absolute Gasteiger partial charge is 0.444 e. The highest BCUT2D eigenvalue weighted by atomic mass is 16.6. The van der Waals surface area contributed by atoms with Crippen LogP contribution in [0.2, 0.25) is 0 Å². The Balaban J connectivity index is 1.86. The summed E-state index contributed by atoms with van der Waals surface area (Å²) in [6.45, 7) is 10.9. The molecule has 0 unspecified atom stereocenters. The summed E-state index contributed by atoms with van der Waals surface area (Å²) in [5.74, 6) is 0.530. The molecule has 0 atom stereocenters. The fourth-order valence-corrected chi connectivity index (χ4v) is 2.23. The molecule has 0 saturated carbocycles. The first-order valence-electron chi connectivity index (χ1n) is 7.79. The zero-order valence-corrected chi connectivity index (χ0v) is 14.0. The molecule has 1 aliphatic rings. The Bertz CT molecular complexity index is 535. The van der Waals surface area contributed by atoms with E-state index in [1.807, 2.05) is 27.7 Å². The van der Waals surface area contributed by atoms with Crippen molar-refractivity contribution in [2.24, 2.45) is 0 Å². The van der Waals surface area contributed by atoms with Crippen LogP contribution in [0.4, 0.5) is 10.7 Å². The molecule has 2 heterocycles. The van der Waals surface area contributed by atoms with Crippen molar-refractivity contribution in [3.63, 3.8) is 0 Å². The van der Waals surface area contributed by atoms with Crippen molar-refractivity contribution in [2.45, 2.75) is 59.1 Å². The predicted octanol–water partition coefficient (Wildman–Crippen LogP) is 2.03. The van der Waals surface area contributed by atoms with Crippen LogP contribution in [-0.2, 0) is 17.6 Å². The van der Waals surface area contributed by atoms with Gasteiger partial charge in [-0.2, -0.15) is 5.10 Å². The first-order valence-corrected chi connectivity index (χ1v) is 7.79. The van der Waals surface area contributed by atoms with Gasteiger partial charge >= 0.3 is 6.09 Å². The van der Waals surface area contributed by atoms with Crippen LogP contribution in [0.25, 0.3) is 0 Å². The summed E-state index contributed by atoms with van der Waals surface area (Å²) >= 11 is 0. The molecule has 1 aromatic heterocycles. The second-order valence-corrected chi connectivity index (χ2v) is 6.46. The maximum absolute atomic E-state index is 11.9. The minimum absolute atomic E-state index is 0.145. The number of likely N-dealkylation sites (tertiary alicyclic amines) is 1. The molecular formula is C15H25N5O2. The van der Waals surface area contributed by atoms with E-state index in [1.165, 1.54) is 0 Å². The first-order chi connectivity index (χ1) is 10.3. The number of rotatable bonds is 4. The molecule has 2 rings (SSSR count). The lowest BCUT2D eigenvalue weighted by Crippen LogP contribution is -2.58. The van der Waals surface area contributed by atoms with Gasteiger partial charge in [0.25, 0.3) is 0 Å². The van der Waals surface area contributed by atoms with Crippen molar-refractivity contribution in [1.29, 1.82) is 0 Å². The van der Waals surface area contributed by atoms with E-state index in [-0.39, 0.29) is 12.1 Å². The Kier molecular flexibility index (Phi) is 4.83. The number of nitrogens with one attached hydrogen (secondary N) is 1. The number of anilines is 1. The average molecular weight is 307 g/mol. The normalized spacial score (nSPS) is 15.4. The van der Waals surface area contributed by atoms with Crippen molar-refractivity contribution < 1.29 is 9.53 Å². The molecular weight excluding hydrogens is 282 g/mol. The summed E-state index contributed by atoms with van der Waals surface area (Å²) in [6.07, 6.45) is 1.39. The number of aromatic nitrogens is 3. The lowest BCUT2D eigenvalue weighted by Gasteiger charge is -2.39. The van der Waals surface area contributed by atoms with E-state index in [4.69, 9.17) is 4.74 Å². The number of carbonyl (C=O) groups is 1. The topological polar surface area (TPSA) is 80.2 Å². The third kappa shape index (κ3) is 4.05. The lowest BCUT2D eigenvalue weighted by atomic mass is 10.1. The SMILES string of the molecule is CCc1nnc(NC2CN(C(=O)OC(C)(C)C)C2)nc1CC. The molecule has 22 heavy (non-hydrogen) atoms. The van der Waals surface area contributed by atoms with Crippen LogP contribution in [-0.4, -0.2) is 50.9 Å². The minimum atomic E-state index is -0.464. The minimum Gasteiger partial charge on any atom is -0.444 e. The second kappa shape index (κ2) is 6.46. The molecule has 0 spiro atoms. The number of hydrogen-bond donors (Lipinski definition) is 1. The molecule has 0 radical (unpaired) electrons. The highest BCUT2D eigenvalue weighted by Gasteiger charge is 2.34. The Labute approximate surface area is 131 Å². The number of amides is 1. The number of nitrogens with zero attached hydrogens (tertiary/aromatic N) is 4. The van der Waals surface area contributed by atoms with E-state index >= 15 is 0 Å². The highest BCUT2D eigenvalue weighted by molar-refractivity contribution is 5.69. The zero-order chi connectivity index (χ0) is 16.3. The molecule has 1 aliphatic heterocycles. The standard InChI is InChI=1S/C15H25N5O2/c1-6-11-12(7-2)18-19-13(17-11)16-10-8-20(9-10)14(21)22-15(3,4)5/h10H,6-9H2,1-5H3,(H,16,17,19). The summed E-state index contributed by atoms with van der Waals surface area (Å²) in [4.78, 5) is 18.0. The summed E-state index contributed by atoms with van der Waals surface area (Å²) in [7, 11) is 0. The molecule has 1 aromatic rings. The fraction of sp³-hybridized carbons (Fsp3) is 0.733. The lowest BCUT2D eigenvalue weighted by molar-refractivity contribution is 0.0104. The maximum Gasteiger partial charge on any atom is 0.410 e. The van der Waals surface area contributed by atoms with Crippen LogP contribution in [0.15, 0.2) is 0 Å². The quantitative estimate of drug-likeness (QED) is 0.916. The monoisotopic (exact) mass is 307 g/mol. The van der Waals surface area contributed by atoms with E-state index in [9.17, 15) is 4.79 Å². The molecule has 1 saturated heterocycles. The third-order valence-electron chi connectivity index (χ3n) is 3.38. The first kappa shape index (κ1) is 16.5. The van der Waals surface area contributed by atoms with Crippen LogP contribution >= 0.6 is 0 Å². The van der Waals surface area contributed by atoms with Gasteiger partial charge in [0.05, 0.1) is 17.4 Å². The van der Waals surface area contributed by atoms with Gasteiger partial charge in [0, 0.05) is 13.1 Å². The van der Waals surface area contributed by atoms with E-state index in [2.05, 4.69) is 27.4 Å². The van der Waals surface area contributed by atoms with Gasteiger partial charge in [-0.3, -0.25) is 0 Å². The van der Waals surface area contributed by atoms with Gasteiger partial charge in [-0.25, -0.2) is 9.78 Å². The summed E-state index contributed by atoms with van der Waals surface area (Å²) in [5.41, 5.74) is 1.45. The third-order valence-corrected chi connectivity index (χ3v) is 3.38. The number of aryl methyl sites for hydroxylation is 2. The average Bonchev–Trinajstić information content (AvgIpc) is 2.39. The van der Waals surface area contributed by atoms with Gasteiger partial charge in [0.1, 0.15) is 5.60 Å². The molecule has 1 fully saturated rings. The van der Waals surface area contributed by atoms with Gasteiger partial charge in [-0.1, -0.05) is 13.8 Å². The zero-order valence-electron chi connectivity index (χ0n) is 14.0. The molecule has 7 nitrogen and oxygen atoms in total. The van der Waals surface area contributed by atoms with E-state index in [1.54, 1.807) is 4.90 Å². The highest BCUT2D eigenvalue weighted by Crippen LogP contribution is 2.17. The molecule has 7 heteroatoms. The van der Waals surface area contributed by atoms with E-state index < -0.39 is 5.60 Å². The van der Waals surface area contributed by atoms with Gasteiger partial charge < -0.3 is 15.0 Å². The van der Waals surface area contributed by atoms with Gasteiger partial charge in [-0.05, 0) is 33.6 Å². The van der Waals surface area contributed by atoms with E-state index in [0.29, 0.717) is 19.0 Å². The number of carbonyl (C=O) groups excluding carboxylic acids is 1. The Morgan fingerprint density at radius 1 is 1.23 bits per heavy atom. The summed E-state index contributed by atoms with van der Waals surface area (Å²) in [5, 5.41) is 11.5. The van der Waals surface area contributed by atoms with Crippen molar-refractivity contribution in [1.82, 2.24) is 20.1 Å². The molecule has 0 aromatic carbocycles. The Morgan fingerprint density at radius 2 is 1.86 bits per heavy atom. The van der Waals surface area contributed by atoms with Crippen LogP contribution < -0.4 is 5.32 Å². The Hall–Kier alpha value is -1.92. The number of ether oxygens (including phenoxy) is 1. The van der Waals surface area contributed by atoms with Crippen LogP contribution in [0.1, 0.15) is 46.0 Å². The fourth-order valence-electron chi connectivity index (χ4n) is 2.23. The van der Waals surface area contributed by atoms with Crippen molar-refractivity contribution in [3.8, 4) is 0 Å². The van der Waals surface area contributed by atoms with E-state index in [0.717, 1.165) is 24.2 Å². The molecule has 1 N–H and O–H groups in total. The van der Waals surface area contributed by atoms with Crippen LogP contribution in [0, 0.1) is 0 Å². The molecule has 0 aliphatic carbocycles. The Morgan fingerprint density at radius 3 is 2.41 bits per heavy atom. The van der Waals surface area contributed by atoms with Crippen molar-refractivity contribution >= 4 is 12.0 Å². The van der Waals surface area contributed by atoms with Crippen LogP contribution in [0.5, 0.6) is 0 Å². The van der Waals surface area contributed by atoms with Crippen molar-refractivity contribution in [2.75, 3.05) is 18.4 Å². The van der Waals surface area contributed by atoms with Gasteiger partial charge in [0.15, 0.2) is 0 Å². The molecule has 122 valence electrons. The maximum atomic E-state index is 11.9.